The topological polar surface area (TPSA) is 4.93 Å². The Morgan fingerprint density at radius 1 is 1.42 bits per heavy atom. The van der Waals surface area contributed by atoms with Crippen LogP contribution in [-0.4, -0.2) is 4.57 Å². The van der Waals surface area contributed by atoms with Crippen LogP contribution in [0.25, 0.3) is 0 Å². The van der Waals surface area contributed by atoms with Crippen LogP contribution in [0.15, 0.2) is 6.07 Å². The van der Waals surface area contributed by atoms with Gasteiger partial charge in [0.25, 0.3) is 0 Å². The lowest BCUT2D eigenvalue weighted by Gasteiger charge is -2.10. The van der Waals surface area contributed by atoms with Gasteiger partial charge in [0.2, 0.25) is 0 Å². The van der Waals surface area contributed by atoms with E-state index in [9.17, 15) is 0 Å². The van der Waals surface area contributed by atoms with Gasteiger partial charge in [0.1, 0.15) is 0 Å². The van der Waals surface area contributed by atoms with E-state index < -0.39 is 0 Å². The maximum absolute atomic E-state index is 2.51. The molecule has 0 unspecified atom stereocenters. The van der Waals surface area contributed by atoms with Gasteiger partial charge in [-0.2, -0.15) is 0 Å². The van der Waals surface area contributed by atoms with E-state index in [0.29, 0.717) is 5.92 Å². The smallest absolute Gasteiger partial charge is 0.0232 e. The summed E-state index contributed by atoms with van der Waals surface area (Å²) >= 11 is 0. The minimum absolute atomic E-state index is 0.678. The van der Waals surface area contributed by atoms with Crippen molar-refractivity contribution in [1.29, 1.82) is 0 Å². The average Bonchev–Trinajstić information content (AvgIpc) is 2.44. The van der Waals surface area contributed by atoms with Crippen LogP contribution in [0.4, 0.5) is 0 Å². The Morgan fingerprint density at radius 2 is 2.17 bits per heavy atom. The fraction of sp³-hybridized carbons (Fsp3) is 0.636. The molecule has 0 radical (unpaired) electrons. The number of rotatable bonds is 1. The van der Waals surface area contributed by atoms with E-state index in [-0.39, 0.29) is 0 Å². The van der Waals surface area contributed by atoms with E-state index in [1.54, 1.807) is 11.4 Å². The predicted molar refractivity (Wildman–Crippen MR) is 51.6 cm³/mol. The van der Waals surface area contributed by atoms with Crippen LogP contribution in [-0.2, 0) is 13.0 Å². The van der Waals surface area contributed by atoms with E-state index in [2.05, 4.69) is 31.4 Å². The highest BCUT2D eigenvalue weighted by Gasteiger charge is 2.18. The summed E-state index contributed by atoms with van der Waals surface area (Å²) < 4.78 is 2.51. The van der Waals surface area contributed by atoms with Gasteiger partial charge in [0, 0.05) is 17.9 Å². The molecule has 1 aliphatic rings. The summed E-state index contributed by atoms with van der Waals surface area (Å²) in [6.45, 7) is 8.05. The van der Waals surface area contributed by atoms with Crippen molar-refractivity contribution in [3.8, 4) is 0 Å². The number of nitrogens with zero attached hydrogens (tertiary/aromatic N) is 1. The molecular formula is C11H17N. The van der Waals surface area contributed by atoms with Gasteiger partial charge in [-0.05, 0) is 37.3 Å². The Balaban J connectivity index is 2.52. The maximum Gasteiger partial charge on any atom is 0.0232 e. The predicted octanol–water partition coefficient (Wildman–Crippen LogP) is 2.87. The van der Waals surface area contributed by atoms with Gasteiger partial charge in [-0.1, -0.05) is 13.8 Å². The summed E-state index contributed by atoms with van der Waals surface area (Å²) in [5.41, 5.74) is 4.60. The molecule has 1 aliphatic heterocycles. The van der Waals surface area contributed by atoms with Crippen molar-refractivity contribution in [2.45, 2.75) is 46.1 Å². The molecule has 12 heavy (non-hydrogen) atoms. The van der Waals surface area contributed by atoms with E-state index in [1.165, 1.54) is 24.9 Å². The van der Waals surface area contributed by atoms with E-state index >= 15 is 0 Å². The lowest BCUT2D eigenvalue weighted by molar-refractivity contribution is 0.665. The Bertz CT molecular complexity index is 294. The zero-order valence-corrected chi connectivity index (χ0v) is 8.22. The van der Waals surface area contributed by atoms with Gasteiger partial charge in [0.05, 0.1) is 0 Å². The minimum Gasteiger partial charge on any atom is -0.348 e. The molecule has 2 heterocycles. The maximum atomic E-state index is 2.51. The van der Waals surface area contributed by atoms with Gasteiger partial charge >= 0.3 is 0 Å². The Morgan fingerprint density at radius 3 is 2.83 bits per heavy atom. The van der Waals surface area contributed by atoms with Crippen molar-refractivity contribution in [2.75, 3.05) is 0 Å². The molecule has 0 aliphatic carbocycles. The standard InChI is InChI=1S/C11H17N/c1-8(2)11-9(3)7-10-5-4-6-12(10)11/h7-8H,4-6H2,1-3H3. The number of aryl methyl sites for hydroxylation is 2. The van der Waals surface area contributed by atoms with Gasteiger partial charge in [-0.15, -0.1) is 0 Å². The first-order valence-corrected chi connectivity index (χ1v) is 4.89. The molecule has 0 saturated carbocycles. The molecule has 1 aromatic heterocycles. The van der Waals surface area contributed by atoms with Crippen LogP contribution in [0.3, 0.4) is 0 Å². The van der Waals surface area contributed by atoms with Crippen molar-refractivity contribution < 1.29 is 0 Å². The molecule has 1 nitrogen and oxygen atoms in total. The highest BCUT2D eigenvalue weighted by atomic mass is 15.0. The lowest BCUT2D eigenvalue weighted by Crippen LogP contribution is -2.02. The van der Waals surface area contributed by atoms with Crippen LogP contribution < -0.4 is 0 Å². The van der Waals surface area contributed by atoms with Gasteiger partial charge in [0.15, 0.2) is 0 Å². The molecule has 66 valence electrons. The number of hydrogen-bond donors (Lipinski definition) is 0. The van der Waals surface area contributed by atoms with Gasteiger partial charge in [-0.25, -0.2) is 0 Å². The molecule has 0 N–H and O–H groups in total. The van der Waals surface area contributed by atoms with Gasteiger partial charge in [-0.3, -0.25) is 0 Å². The second-order valence-corrected chi connectivity index (χ2v) is 4.11. The van der Waals surface area contributed by atoms with Crippen LogP contribution in [0.1, 0.15) is 43.1 Å². The fourth-order valence-corrected chi connectivity index (χ4v) is 2.43. The lowest BCUT2D eigenvalue weighted by atomic mass is 10.1. The molecule has 0 spiro atoms. The summed E-state index contributed by atoms with van der Waals surface area (Å²) in [7, 11) is 0. The van der Waals surface area contributed by atoms with Crippen molar-refractivity contribution in [3.63, 3.8) is 0 Å². The Kier molecular flexibility index (Phi) is 1.75. The van der Waals surface area contributed by atoms with E-state index in [0.717, 1.165) is 0 Å². The summed E-state index contributed by atoms with van der Waals surface area (Å²) in [6.07, 6.45) is 2.63. The SMILES string of the molecule is Cc1cc2n(c1C(C)C)CCC2. The zero-order chi connectivity index (χ0) is 8.72. The molecule has 0 aromatic carbocycles. The molecule has 0 amide bonds. The number of hydrogen-bond acceptors (Lipinski definition) is 0. The minimum atomic E-state index is 0.678. The van der Waals surface area contributed by atoms with E-state index in [1.807, 2.05) is 0 Å². The number of fused-ring (bicyclic) bond motifs is 1. The largest absolute Gasteiger partial charge is 0.348 e. The van der Waals surface area contributed by atoms with Crippen LogP contribution in [0.2, 0.25) is 0 Å². The molecule has 2 rings (SSSR count). The van der Waals surface area contributed by atoms with Crippen molar-refractivity contribution in [2.24, 2.45) is 0 Å². The van der Waals surface area contributed by atoms with Crippen LogP contribution in [0.5, 0.6) is 0 Å². The highest BCUT2D eigenvalue weighted by Crippen LogP contribution is 2.28. The third-order valence-electron chi connectivity index (χ3n) is 2.79. The quantitative estimate of drug-likeness (QED) is 0.600. The zero-order valence-electron chi connectivity index (χ0n) is 8.22. The summed E-state index contributed by atoms with van der Waals surface area (Å²) in [4.78, 5) is 0. The first-order chi connectivity index (χ1) is 5.70. The van der Waals surface area contributed by atoms with Crippen molar-refractivity contribution >= 4 is 0 Å². The molecule has 0 saturated heterocycles. The molecule has 0 fully saturated rings. The van der Waals surface area contributed by atoms with Crippen molar-refractivity contribution in [3.05, 3.63) is 23.0 Å². The van der Waals surface area contributed by atoms with Crippen LogP contribution in [0, 0.1) is 6.92 Å². The second-order valence-electron chi connectivity index (χ2n) is 4.11. The summed E-state index contributed by atoms with van der Waals surface area (Å²) in [5, 5.41) is 0. The fourth-order valence-electron chi connectivity index (χ4n) is 2.43. The molecule has 0 atom stereocenters. The first-order valence-electron chi connectivity index (χ1n) is 4.89. The summed E-state index contributed by atoms with van der Waals surface area (Å²) in [6, 6.07) is 2.36. The third kappa shape index (κ3) is 0.996. The van der Waals surface area contributed by atoms with Crippen molar-refractivity contribution in [1.82, 2.24) is 4.57 Å². The number of aromatic nitrogens is 1. The second kappa shape index (κ2) is 2.65. The molecule has 1 aromatic rings. The summed E-state index contributed by atoms with van der Waals surface area (Å²) in [5.74, 6) is 0.678. The Hall–Kier alpha value is -0.720. The Labute approximate surface area is 74.4 Å². The first kappa shape index (κ1) is 7.90. The normalized spacial score (nSPS) is 15.7. The molecule has 0 bridgehead atoms. The monoisotopic (exact) mass is 163 g/mol. The average molecular weight is 163 g/mol. The molecular weight excluding hydrogens is 146 g/mol. The van der Waals surface area contributed by atoms with Crippen LogP contribution >= 0.6 is 0 Å². The van der Waals surface area contributed by atoms with E-state index in [4.69, 9.17) is 0 Å². The van der Waals surface area contributed by atoms with Gasteiger partial charge < -0.3 is 4.57 Å². The highest BCUT2D eigenvalue weighted by molar-refractivity contribution is 5.30. The molecule has 1 heteroatoms. The third-order valence-corrected chi connectivity index (χ3v) is 2.79.